The molecule has 0 aliphatic heterocycles. The standard InChI is InChI=1S/C2H6O8S2.2Na/c1-2-8-11(4,5)10-12(6,7)9-3;;/h3H,2H2,1H3;;. The average molecular weight is 268 g/mol. The van der Waals surface area contributed by atoms with E-state index in [-0.39, 0.29) is 65.7 Å². The van der Waals surface area contributed by atoms with Crippen molar-refractivity contribution in [1.29, 1.82) is 0 Å². The minimum atomic E-state index is -4.96. The van der Waals surface area contributed by atoms with Crippen LogP contribution in [-0.4, -0.2) is 87.8 Å². The van der Waals surface area contributed by atoms with E-state index in [1.807, 2.05) is 0 Å². The fourth-order valence-electron chi connectivity index (χ4n) is 0.278. The molecule has 0 amide bonds. The maximum Gasteiger partial charge on any atom is 0.442 e. The third-order valence-electron chi connectivity index (χ3n) is 0.520. The van der Waals surface area contributed by atoms with Crippen LogP contribution in [0, 0.1) is 0 Å². The van der Waals surface area contributed by atoms with Gasteiger partial charge in [0.05, 0.1) is 6.61 Å². The van der Waals surface area contributed by atoms with Gasteiger partial charge in [0.25, 0.3) is 0 Å². The maximum absolute atomic E-state index is 10.4. The molecule has 2 radical (unpaired) electrons. The minimum Gasteiger partial charge on any atom is -0.248 e. The van der Waals surface area contributed by atoms with Crippen LogP contribution in [0.2, 0.25) is 0 Å². The molecule has 0 fully saturated rings. The Balaban J connectivity index is -0.000000605. The maximum atomic E-state index is 10.4. The third-order valence-corrected chi connectivity index (χ3v) is 2.56. The molecular weight excluding hydrogens is 262 g/mol. The Kier molecular flexibility index (Phi) is 13.3. The van der Waals surface area contributed by atoms with Gasteiger partial charge in [-0.3, -0.25) is 0 Å². The molecule has 0 aromatic rings. The van der Waals surface area contributed by atoms with Crippen LogP contribution in [0.25, 0.3) is 0 Å². The summed E-state index contributed by atoms with van der Waals surface area (Å²) in [7, 11) is -9.63. The van der Waals surface area contributed by atoms with Crippen molar-refractivity contribution in [2.24, 2.45) is 0 Å². The second kappa shape index (κ2) is 8.84. The Morgan fingerprint density at radius 2 is 1.50 bits per heavy atom. The van der Waals surface area contributed by atoms with Gasteiger partial charge in [-0.05, 0) is 6.92 Å². The van der Waals surface area contributed by atoms with Crippen LogP contribution in [0.15, 0.2) is 0 Å². The Labute approximate surface area is 126 Å². The summed E-state index contributed by atoms with van der Waals surface area (Å²) in [4.78, 5) is 0. The number of rotatable bonds is 5. The van der Waals surface area contributed by atoms with Crippen molar-refractivity contribution in [2.45, 2.75) is 6.92 Å². The van der Waals surface area contributed by atoms with E-state index in [2.05, 4.69) is 12.1 Å². The summed E-state index contributed by atoms with van der Waals surface area (Å²) >= 11 is 0. The molecule has 0 bridgehead atoms. The summed E-state index contributed by atoms with van der Waals surface area (Å²) in [5.74, 6) is 0. The number of hydrogen-bond acceptors (Lipinski definition) is 8. The summed E-state index contributed by atoms with van der Waals surface area (Å²) in [6, 6.07) is 0. The Hall–Kier alpha value is 1.74. The fourth-order valence-corrected chi connectivity index (χ4v) is 1.64. The van der Waals surface area contributed by atoms with Gasteiger partial charge in [-0.2, -0.15) is 16.8 Å². The van der Waals surface area contributed by atoms with Gasteiger partial charge in [0.1, 0.15) is 0 Å². The first-order valence-corrected chi connectivity index (χ1v) is 5.18. The SMILES string of the molecule is CCOS(=O)(=O)OS(=O)(=O)OO.[Na].[Na]. The van der Waals surface area contributed by atoms with Crippen molar-refractivity contribution < 1.29 is 34.2 Å². The zero-order chi connectivity index (χ0) is 9.83. The Morgan fingerprint density at radius 1 is 1.07 bits per heavy atom. The molecule has 0 aliphatic rings. The molecule has 0 aromatic carbocycles. The van der Waals surface area contributed by atoms with Gasteiger partial charge in [0.2, 0.25) is 0 Å². The molecular formula is C2H6Na2O8S2. The molecule has 0 spiro atoms. The topological polar surface area (TPSA) is 116 Å². The minimum absolute atomic E-state index is 0. The van der Waals surface area contributed by atoms with E-state index < -0.39 is 20.8 Å². The summed E-state index contributed by atoms with van der Waals surface area (Å²) in [5, 5.41) is 7.59. The summed E-state index contributed by atoms with van der Waals surface area (Å²) < 4.78 is 50.9. The zero-order valence-corrected chi connectivity index (χ0v) is 13.5. The van der Waals surface area contributed by atoms with Crippen LogP contribution < -0.4 is 0 Å². The molecule has 14 heavy (non-hydrogen) atoms. The Bertz CT molecular complexity index is 317. The quantitative estimate of drug-likeness (QED) is 0.355. The normalized spacial score (nSPS) is 11.3. The van der Waals surface area contributed by atoms with Crippen molar-refractivity contribution >= 4 is 79.9 Å². The molecule has 12 heteroatoms. The molecule has 0 saturated heterocycles. The van der Waals surface area contributed by atoms with Crippen LogP contribution in [-0.2, 0) is 32.9 Å². The van der Waals surface area contributed by atoms with Crippen molar-refractivity contribution in [1.82, 2.24) is 0 Å². The molecule has 0 saturated carbocycles. The van der Waals surface area contributed by atoms with Crippen molar-refractivity contribution in [2.75, 3.05) is 6.61 Å². The van der Waals surface area contributed by atoms with E-state index in [1.54, 1.807) is 0 Å². The molecule has 0 aromatic heterocycles. The predicted molar refractivity (Wildman–Crippen MR) is 45.8 cm³/mol. The molecule has 0 aliphatic carbocycles. The molecule has 8 nitrogen and oxygen atoms in total. The first-order chi connectivity index (χ1) is 5.33. The van der Waals surface area contributed by atoms with Gasteiger partial charge in [-0.25, -0.2) is 9.44 Å². The van der Waals surface area contributed by atoms with Crippen molar-refractivity contribution in [3.63, 3.8) is 0 Å². The van der Waals surface area contributed by atoms with Crippen LogP contribution >= 0.6 is 0 Å². The van der Waals surface area contributed by atoms with E-state index >= 15 is 0 Å². The van der Waals surface area contributed by atoms with Crippen LogP contribution in [0.3, 0.4) is 0 Å². The molecule has 76 valence electrons. The first kappa shape index (κ1) is 21.1. The molecule has 0 heterocycles. The van der Waals surface area contributed by atoms with Gasteiger partial charge >= 0.3 is 20.8 Å². The van der Waals surface area contributed by atoms with Gasteiger partial charge in [-0.1, -0.05) is 7.96 Å². The molecule has 0 atom stereocenters. The van der Waals surface area contributed by atoms with E-state index in [0.717, 1.165) is 0 Å². The van der Waals surface area contributed by atoms with Gasteiger partial charge in [0.15, 0.2) is 0 Å². The third kappa shape index (κ3) is 10.3. The summed E-state index contributed by atoms with van der Waals surface area (Å²) in [6.45, 7) is 0.997. The smallest absolute Gasteiger partial charge is 0.248 e. The van der Waals surface area contributed by atoms with Crippen LogP contribution in [0.1, 0.15) is 6.92 Å². The predicted octanol–water partition coefficient (Wildman–Crippen LogP) is -1.74. The first-order valence-electron chi connectivity index (χ1n) is 2.51. The van der Waals surface area contributed by atoms with E-state index in [9.17, 15) is 16.8 Å². The fraction of sp³-hybridized carbons (Fsp3) is 1.00. The second-order valence-corrected chi connectivity index (χ2v) is 3.93. The van der Waals surface area contributed by atoms with E-state index in [0.29, 0.717) is 0 Å². The van der Waals surface area contributed by atoms with Gasteiger partial charge < -0.3 is 0 Å². The number of hydrogen-bond donors (Lipinski definition) is 1. The van der Waals surface area contributed by atoms with Crippen molar-refractivity contribution in [3.05, 3.63) is 0 Å². The molecule has 0 unspecified atom stereocenters. The van der Waals surface area contributed by atoms with Crippen LogP contribution in [0.4, 0.5) is 0 Å². The average Bonchev–Trinajstić information content (AvgIpc) is 1.85. The second-order valence-electron chi connectivity index (χ2n) is 1.37. The van der Waals surface area contributed by atoms with Crippen LogP contribution in [0.5, 0.6) is 0 Å². The van der Waals surface area contributed by atoms with Gasteiger partial charge in [0, 0.05) is 59.1 Å². The monoisotopic (exact) mass is 268 g/mol. The largest absolute Gasteiger partial charge is 0.442 e. The summed E-state index contributed by atoms with van der Waals surface area (Å²) in [6.07, 6.45) is 0. The molecule has 1 N–H and O–H groups in total. The van der Waals surface area contributed by atoms with Gasteiger partial charge in [-0.15, -0.1) is 0 Å². The summed E-state index contributed by atoms with van der Waals surface area (Å²) in [5.41, 5.74) is 0. The molecule has 0 rings (SSSR count). The van der Waals surface area contributed by atoms with Crippen molar-refractivity contribution in [3.8, 4) is 0 Å². The van der Waals surface area contributed by atoms with E-state index in [4.69, 9.17) is 5.26 Å². The Morgan fingerprint density at radius 3 is 1.79 bits per heavy atom. The van der Waals surface area contributed by atoms with E-state index in [1.165, 1.54) is 6.92 Å². The zero-order valence-electron chi connectivity index (χ0n) is 7.83.